The maximum Gasteiger partial charge on any atom is 0.337 e. The molecule has 0 saturated heterocycles. The van der Waals surface area contributed by atoms with Crippen molar-refractivity contribution >= 4 is 34.9 Å². The third-order valence-corrected chi connectivity index (χ3v) is 3.65. The highest BCUT2D eigenvalue weighted by molar-refractivity contribution is 7.80. The van der Waals surface area contributed by atoms with Crippen LogP contribution < -0.4 is 20.1 Å². The van der Waals surface area contributed by atoms with Gasteiger partial charge in [0.2, 0.25) is 0 Å². The molecule has 2 N–H and O–H groups in total. The lowest BCUT2D eigenvalue weighted by molar-refractivity contribution is 0.0600. The highest BCUT2D eigenvalue weighted by Gasteiger charge is 2.15. The van der Waals surface area contributed by atoms with Crippen LogP contribution in [0.25, 0.3) is 0 Å². The molecule has 0 aliphatic heterocycles. The normalized spacial score (nSPS) is 9.81. The summed E-state index contributed by atoms with van der Waals surface area (Å²) in [5.41, 5.74) is 1.35. The van der Waals surface area contributed by atoms with E-state index in [9.17, 15) is 9.59 Å². The average Bonchev–Trinajstić information content (AvgIpc) is 2.67. The van der Waals surface area contributed by atoms with E-state index in [2.05, 4.69) is 15.4 Å². The van der Waals surface area contributed by atoms with Crippen LogP contribution in [0.2, 0.25) is 0 Å². The smallest absolute Gasteiger partial charge is 0.337 e. The maximum absolute atomic E-state index is 12.4. The van der Waals surface area contributed by atoms with Gasteiger partial charge in [-0.1, -0.05) is 0 Å². The summed E-state index contributed by atoms with van der Waals surface area (Å²) < 4.78 is 14.9. The van der Waals surface area contributed by atoms with Crippen LogP contribution in [0.5, 0.6) is 11.5 Å². The topological polar surface area (TPSA) is 85.9 Å². The van der Waals surface area contributed by atoms with Crippen molar-refractivity contribution < 1.29 is 23.8 Å². The Balaban J connectivity index is 2.03. The van der Waals surface area contributed by atoms with Crippen LogP contribution in [-0.2, 0) is 4.74 Å². The number of amides is 1. The van der Waals surface area contributed by atoms with Gasteiger partial charge in [-0.2, -0.15) is 0 Å². The summed E-state index contributed by atoms with van der Waals surface area (Å²) in [7, 11) is 4.30. The Morgan fingerprint density at radius 1 is 0.962 bits per heavy atom. The van der Waals surface area contributed by atoms with Crippen LogP contribution in [0.1, 0.15) is 20.7 Å². The number of rotatable bonds is 5. The van der Waals surface area contributed by atoms with Gasteiger partial charge in [0.05, 0.1) is 32.5 Å². The first-order valence-electron chi connectivity index (χ1n) is 7.51. The number of esters is 1. The number of carbonyl (C=O) groups is 2. The van der Waals surface area contributed by atoms with E-state index in [1.54, 1.807) is 42.5 Å². The molecule has 0 unspecified atom stereocenters. The maximum atomic E-state index is 12.4. The second-order valence-electron chi connectivity index (χ2n) is 5.04. The number of thiocarbonyl (C=S) groups is 1. The van der Waals surface area contributed by atoms with E-state index < -0.39 is 11.9 Å². The molecular formula is C18H18N2O5S. The number of carbonyl (C=O) groups excluding carboxylic acids is 2. The molecule has 0 heterocycles. The fraction of sp³-hybridized carbons (Fsp3) is 0.167. The largest absolute Gasteiger partial charge is 0.497 e. The Labute approximate surface area is 156 Å². The molecule has 0 saturated carbocycles. The average molecular weight is 374 g/mol. The second kappa shape index (κ2) is 8.82. The van der Waals surface area contributed by atoms with Gasteiger partial charge in [0.1, 0.15) is 11.5 Å². The molecule has 2 rings (SSSR count). The van der Waals surface area contributed by atoms with Gasteiger partial charge >= 0.3 is 5.97 Å². The molecule has 0 radical (unpaired) electrons. The van der Waals surface area contributed by atoms with Gasteiger partial charge in [-0.25, -0.2) is 4.79 Å². The molecule has 136 valence electrons. The summed E-state index contributed by atoms with van der Waals surface area (Å²) in [6.07, 6.45) is 0. The molecule has 2 aromatic carbocycles. The van der Waals surface area contributed by atoms with Crippen molar-refractivity contribution in [2.45, 2.75) is 0 Å². The summed E-state index contributed by atoms with van der Waals surface area (Å²) >= 11 is 5.15. The van der Waals surface area contributed by atoms with Gasteiger partial charge in [-0.3, -0.25) is 10.1 Å². The van der Waals surface area contributed by atoms with Crippen LogP contribution in [0, 0.1) is 0 Å². The standard InChI is InChI=1S/C18H18N2O5S/c1-23-13-8-9-14(15(10-13)24-2)16(21)20-18(26)19-12-6-4-11(5-7-12)17(22)25-3/h4-10H,1-3H3,(H2,19,20,21,26). The summed E-state index contributed by atoms with van der Waals surface area (Å²) in [5.74, 6) is 0.0871. The molecule has 0 aliphatic rings. The molecule has 1 amide bonds. The van der Waals surface area contributed by atoms with E-state index in [0.29, 0.717) is 28.3 Å². The number of benzene rings is 2. The molecule has 0 atom stereocenters. The summed E-state index contributed by atoms with van der Waals surface area (Å²) in [4.78, 5) is 23.8. The van der Waals surface area contributed by atoms with Gasteiger partial charge in [0.25, 0.3) is 5.91 Å². The Kier molecular flexibility index (Phi) is 6.51. The molecule has 0 aromatic heterocycles. The van der Waals surface area contributed by atoms with Crippen molar-refractivity contribution in [2.24, 2.45) is 0 Å². The first kappa shape index (κ1) is 19.2. The molecule has 2 aromatic rings. The molecule has 0 spiro atoms. The van der Waals surface area contributed by atoms with E-state index in [1.807, 2.05) is 0 Å². The van der Waals surface area contributed by atoms with E-state index in [1.165, 1.54) is 21.3 Å². The van der Waals surface area contributed by atoms with Crippen molar-refractivity contribution in [3.63, 3.8) is 0 Å². The minimum absolute atomic E-state index is 0.110. The number of methoxy groups -OCH3 is 3. The van der Waals surface area contributed by atoms with Crippen molar-refractivity contribution in [1.29, 1.82) is 0 Å². The van der Waals surface area contributed by atoms with Crippen LogP contribution in [-0.4, -0.2) is 38.3 Å². The first-order valence-corrected chi connectivity index (χ1v) is 7.92. The van der Waals surface area contributed by atoms with Crippen LogP contribution in [0.15, 0.2) is 42.5 Å². The summed E-state index contributed by atoms with van der Waals surface area (Å²) in [6, 6.07) is 11.3. The number of nitrogens with one attached hydrogen (secondary N) is 2. The minimum atomic E-state index is -0.431. The lowest BCUT2D eigenvalue weighted by Gasteiger charge is -2.12. The van der Waals surface area contributed by atoms with Gasteiger partial charge in [-0.15, -0.1) is 0 Å². The number of anilines is 1. The Morgan fingerprint density at radius 3 is 2.23 bits per heavy atom. The minimum Gasteiger partial charge on any atom is -0.497 e. The zero-order valence-corrected chi connectivity index (χ0v) is 15.3. The predicted octanol–water partition coefficient (Wildman–Crippen LogP) is 2.62. The van der Waals surface area contributed by atoms with Gasteiger partial charge < -0.3 is 19.5 Å². The predicted molar refractivity (Wildman–Crippen MR) is 101 cm³/mol. The first-order chi connectivity index (χ1) is 12.5. The molecule has 7 nitrogen and oxygen atoms in total. The lowest BCUT2D eigenvalue weighted by atomic mass is 10.2. The Morgan fingerprint density at radius 2 is 1.65 bits per heavy atom. The summed E-state index contributed by atoms with van der Waals surface area (Å²) in [6.45, 7) is 0. The lowest BCUT2D eigenvalue weighted by Crippen LogP contribution is -2.34. The molecule has 26 heavy (non-hydrogen) atoms. The molecular weight excluding hydrogens is 356 g/mol. The zero-order chi connectivity index (χ0) is 19.1. The van der Waals surface area contributed by atoms with E-state index in [0.717, 1.165) is 0 Å². The monoisotopic (exact) mass is 374 g/mol. The zero-order valence-electron chi connectivity index (χ0n) is 14.5. The summed E-state index contributed by atoms with van der Waals surface area (Å²) in [5, 5.41) is 5.55. The molecule has 8 heteroatoms. The van der Waals surface area contributed by atoms with Crippen molar-refractivity contribution in [3.05, 3.63) is 53.6 Å². The quantitative estimate of drug-likeness (QED) is 0.615. The third-order valence-electron chi connectivity index (χ3n) is 3.44. The SMILES string of the molecule is COC(=O)c1ccc(NC(=S)NC(=O)c2ccc(OC)cc2OC)cc1. The van der Waals surface area contributed by atoms with Crippen molar-refractivity contribution in [2.75, 3.05) is 26.6 Å². The van der Waals surface area contributed by atoms with Crippen LogP contribution in [0.3, 0.4) is 0 Å². The van der Waals surface area contributed by atoms with Gasteiger partial charge in [-0.05, 0) is 48.6 Å². The fourth-order valence-electron chi connectivity index (χ4n) is 2.13. The van der Waals surface area contributed by atoms with Crippen LogP contribution in [0.4, 0.5) is 5.69 Å². The van der Waals surface area contributed by atoms with Crippen molar-refractivity contribution in [1.82, 2.24) is 5.32 Å². The Hall–Kier alpha value is -3.13. The van der Waals surface area contributed by atoms with Gasteiger partial charge in [0.15, 0.2) is 5.11 Å². The number of hydrogen-bond acceptors (Lipinski definition) is 6. The fourth-order valence-corrected chi connectivity index (χ4v) is 2.34. The second-order valence-corrected chi connectivity index (χ2v) is 5.45. The highest BCUT2D eigenvalue weighted by atomic mass is 32.1. The van der Waals surface area contributed by atoms with Gasteiger partial charge in [0, 0.05) is 11.8 Å². The molecule has 0 fully saturated rings. The van der Waals surface area contributed by atoms with E-state index in [-0.39, 0.29) is 5.11 Å². The van der Waals surface area contributed by atoms with E-state index >= 15 is 0 Å². The van der Waals surface area contributed by atoms with E-state index in [4.69, 9.17) is 21.7 Å². The Bertz CT molecular complexity index is 821. The molecule has 0 bridgehead atoms. The number of hydrogen-bond donors (Lipinski definition) is 2. The third kappa shape index (κ3) is 4.70. The highest BCUT2D eigenvalue weighted by Crippen LogP contribution is 2.24. The van der Waals surface area contributed by atoms with Crippen molar-refractivity contribution in [3.8, 4) is 11.5 Å². The number of ether oxygens (including phenoxy) is 3. The molecule has 0 aliphatic carbocycles. The van der Waals surface area contributed by atoms with Crippen LogP contribution >= 0.6 is 12.2 Å².